The van der Waals surface area contributed by atoms with Crippen LogP contribution in [0.1, 0.15) is 24.0 Å². The smallest absolute Gasteiger partial charge is 0.118 e. The molecule has 3 heteroatoms. The van der Waals surface area contributed by atoms with Crippen molar-refractivity contribution in [3.63, 3.8) is 0 Å². The third-order valence-electron chi connectivity index (χ3n) is 2.98. The third-order valence-corrected chi connectivity index (χ3v) is 2.98. The minimum absolute atomic E-state index is 0.698. The van der Waals surface area contributed by atoms with Gasteiger partial charge in [0.05, 0.1) is 5.71 Å². The van der Waals surface area contributed by atoms with Crippen LogP contribution < -0.4 is 0 Å². The summed E-state index contributed by atoms with van der Waals surface area (Å²) in [6.07, 6.45) is 3.12. The molecule has 0 saturated heterocycles. The molecule has 0 spiro atoms. The maximum Gasteiger partial charge on any atom is 0.118 e. The molecular formula is C14H20N2O. The number of fused-ring (bicyclic) bond motifs is 1. The van der Waals surface area contributed by atoms with Gasteiger partial charge in [-0.15, -0.1) is 0 Å². The fraction of sp³-hybridized carbons (Fsp3) is 0.500. The van der Waals surface area contributed by atoms with Gasteiger partial charge in [-0.25, -0.2) is 0 Å². The molecule has 0 amide bonds. The molecule has 0 atom stereocenters. The zero-order chi connectivity index (χ0) is 12.1. The van der Waals surface area contributed by atoms with E-state index in [2.05, 4.69) is 48.4 Å². The van der Waals surface area contributed by atoms with Gasteiger partial charge in [-0.05, 0) is 38.9 Å². The molecule has 0 N–H and O–H groups in total. The van der Waals surface area contributed by atoms with Crippen molar-refractivity contribution < 1.29 is 4.84 Å². The van der Waals surface area contributed by atoms with Gasteiger partial charge >= 0.3 is 0 Å². The number of oxime groups is 1. The van der Waals surface area contributed by atoms with E-state index in [-0.39, 0.29) is 0 Å². The van der Waals surface area contributed by atoms with Crippen LogP contribution in [0, 0.1) is 0 Å². The van der Waals surface area contributed by atoms with Crippen molar-refractivity contribution in [1.82, 2.24) is 4.90 Å². The number of hydrogen-bond acceptors (Lipinski definition) is 3. The molecule has 1 aromatic carbocycles. The summed E-state index contributed by atoms with van der Waals surface area (Å²) in [6.45, 7) is 1.74. The van der Waals surface area contributed by atoms with Crippen LogP contribution >= 0.6 is 0 Å². The summed E-state index contributed by atoms with van der Waals surface area (Å²) >= 11 is 0. The molecule has 0 aromatic heterocycles. The molecular weight excluding hydrogens is 212 g/mol. The molecule has 3 nitrogen and oxygen atoms in total. The Labute approximate surface area is 103 Å². The van der Waals surface area contributed by atoms with E-state index in [9.17, 15) is 0 Å². The Balaban J connectivity index is 1.84. The van der Waals surface area contributed by atoms with Crippen LogP contribution in [0.4, 0.5) is 0 Å². The normalized spacial score (nSPS) is 16.5. The first kappa shape index (κ1) is 12.1. The van der Waals surface area contributed by atoms with Crippen molar-refractivity contribution in [2.24, 2.45) is 5.16 Å². The van der Waals surface area contributed by atoms with E-state index in [1.54, 1.807) is 0 Å². The average molecular weight is 232 g/mol. The quantitative estimate of drug-likeness (QED) is 0.575. The van der Waals surface area contributed by atoms with E-state index >= 15 is 0 Å². The van der Waals surface area contributed by atoms with Crippen molar-refractivity contribution in [3.05, 3.63) is 35.4 Å². The van der Waals surface area contributed by atoms with Crippen molar-refractivity contribution in [2.75, 3.05) is 27.2 Å². The lowest BCUT2D eigenvalue weighted by Crippen LogP contribution is -2.14. The Hall–Kier alpha value is -1.35. The van der Waals surface area contributed by atoms with Gasteiger partial charge in [-0.3, -0.25) is 0 Å². The first-order valence-corrected chi connectivity index (χ1v) is 6.19. The zero-order valence-electron chi connectivity index (χ0n) is 10.6. The highest BCUT2D eigenvalue weighted by Gasteiger charge is 2.16. The Morgan fingerprint density at radius 3 is 2.88 bits per heavy atom. The van der Waals surface area contributed by atoms with Crippen LogP contribution in [0.2, 0.25) is 0 Å². The van der Waals surface area contributed by atoms with Crippen LogP contribution in [0.3, 0.4) is 0 Å². The maximum atomic E-state index is 5.39. The van der Waals surface area contributed by atoms with E-state index in [0.29, 0.717) is 6.61 Å². The molecule has 0 bridgehead atoms. The van der Waals surface area contributed by atoms with Crippen LogP contribution in [0.25, 0.3) is 0 Å². The lowest BCUT2D eigenvalue weighted by atomic mass is 10.1. The Kier molecular flexibility index (Phi) is 4.15. The highest BCUT2D eigenvalue weighted by molar-refractivity contribution is 6.04. The van der Waals surface area contributed by atoms with E-state index in [1.165, 1.54) is 11.1 Å². The van der Waals surface area contributed by atoms with Gasteiger partial charge in [0, 0.05) is 12.1 Å². The number of aryl methyl sites for hydroxylation is 1. The summed E-state index contributed by atoms with van der Waals surface area (Å²) in [4.78, 5) is 7.54. The molecule has 0 heterocycles. The van der Waals surface area contributed by atoms with Crippen LogP contribution in [-0.2, 0) is 11.3 Å². The number of benzene rings is 1. The molecule has 0 fully saturated rings. The summed E-state index contributed by atoms with van der Waals surface area (Å²) in [5.41, 5.74) is 3.76. The zero-order valence-corrected chi connectivity index (χ0v) is 10.6. The summed E-state index contributed by atoms with van der Waals surface area (Å²) in [5.74, 6) is 0. The monoisotopic (exact) mass is 232 g/mol. The van der Waals surface area contributed by atoms with E-state index in [4.69, 9.17) is 4.84 Å². The number of hydrogen-bond donors (Lipinski definition) is 0. The molecule has 1 aromatic rings. The predicted octanol–water partition coefficient (Wildman–Crippen LogP) is 2.31. The third kappa shape index (κ3) is 3.30. The van der Waals surface area contributed by atoms with Gasteiger partial charge in [0.25, 0.3) is 0 Å². The second-order valence-corrected chi connectivity index (χ2v) is 4.69. The van der Waals surface area contributed by atoms with Crippen molar-refractivity contribution >= 4 is 5.71 Å². The summed E-state index contributed by atoms with van der Waals surface area (Å²) in [5, 5.41) is 4.26. The summed E-state index contributed by atoms with van der Waals surface area (Å²) in [7, 11) is 4.14. The average Bonchev–Trinajstić information content (AvgIpc) is 2.72. The SMILES string of the molecule is CN(C)CCCON=C1CCc2ccccc21. The highest BCUT2D eigenvalue weighted by atomic mass is 16.6. The second kappa shape index (κ2) is 5.82. The molecule has 0 radical (unpaired) electrons. The van der Waals surface area contributed by atoms with Crippen LogP contribution in [0.5, 0.6) is 0 Å². The maximum absolute atomic E-state index is 5.39. The number of rotatable bonds is 5. The van der Waals surface area contributed by atoms with Crippen LogP contribution in [-0.4, -0.2) is 37.9 Å². The van der Waals surface area contributed by atoms with Gasteiger partial charge in [0.1, 0.15) is 6.61 Å². The van der Waals surface area contributed by atoms with Crippen molar-refractivity contribution in [3.8, 4) is 0 Å². The molecule has 0 aliphatic heterocycles. The standard InChI is InChI=1S/C14H20N2O/c1-16(2)10-5-11-17-15-14-9-8-12-6-3-4-7-13(12)14/h3-4,6-7H,5,8-11H2,1-2H3. The van der Waals surface area contributed by atoms with Crippen molar-refractivity contribution in [1.29, 1.82) is 0 Å². The lowest BCUT2D eigenvalue weighted by Gasteiger charge is -2.08. The van der Waals surface area contributed by atoms with Gasteiger partial charge in [0.15, 0.2) is 0 Å². The van der Waals surface area contributed by atoms with Gasteiger partial charge in [0.2, 0.25) is 0 Å². The fourth-order valence-electron chi connectivity index (χ4n) is 2.07. The van der Waals surface area contributed by atoms with Gasteiger partial charge in [-0.2, -0.15) is 0 Å². The second-order valence-electron chi connectivity index (χ2n) is 4.69. The topological polar surface area (TPSA) is 24.8 Å². The highest BCUT2D eigenvalue weighted by Crippen LogP contribution is 2.22. The minimum atomic E-state index is 0.698. The lowest BCUT2D eigenvalue weighted by molar-refractivity contribution is 0.135. The Morgan fingerprint density at radius 2 is 2.06 bits per heavy atom. The molecule has 1 aliphatic carbocycles. The van der Waals surface area contributed by atoms with Crippen molar-refractivity contribution in [2.45, 2.75) is 19.3 Å². The van der Waals surface area contributed by atoms with Crippen LogP contribution in [0.15, 0.2) is 29.4 Å². The molecule has 92 valence electrons. The van der Waals surface area contributed by atoms with E-state index in [0.717, 1.165) is 31.5 Å². The predicted molar refractivity (Wildman–Crippen MR) is 70.4 cm³/mol. The Morgan fingerprint density at radius 1 is 1.24 bits per heavy atom. The first-order valence-electron chi connectivity index (χ1n) is 6.19. The molecule has 2 rings (SSSR count). The largest absolute Gasteiger partial charge is 0.396 e. The van der Waals surface area contributed by atoms with E-state index < -0.39 is 0 Å². The van der Waals surface area contributed by atoms with Gasteiger partial charge < -0.3 is 9.74 Å². The summed E-state index contributed by atoms with van der Waals surface area (Å²) in [6, 6.07) is 8.44. The number of nitrogens with zero attached hydrogens (tertiary/aromatic N) is 2. The van der Waals surface area contributed by atoms with E-state index in [1.807, 2.05) is 0 Å². The molecule has 0 unspecified atom stereocenters. The first-order chi connectivity index (χ1) is 8.27. The Bertz CT molecular complexity index is 399. The minimum Gasteiger partial charge on any atom is -0.396 e. The van der Waals surface area contributed by atoms with Gasteiger partial charge in [-0.1, -0.05) is 29.4 Å². The molecule has 0 saturated carbocycles. The molecule has 17 heavy (non-hydrogen) atoms. The molecule has 1 aliphatic rings. The summed E-state index contributed by atoms with van der Waals surface area (Å²) < 4.78 is 0. The fourth-order valence-corrected chi connectivity index (χ4v) is 2.07.